The lowest BCUT2D eigenvalue weighted by Gasteiger charge is -2.32. The molecule has 0 amide bonds. The Kier molecular flexibility index (Phi) is 6.41. The molecule has 1 atom stereocenters. The number of unbranched alkanes of at least 4 members (excludes halogenated alkanes) is 1. The Bertz CT molecular complexity index is 168. The van der Waals surface area contributed by atoms with Crippen molar-refractivity contribution in [1.82, 2.24) is 0 Å². The van der Waals surface area contributed by atoms with Crippen LogP contribution in [0.3, 0.4) is 0 Å². The first kappa shape index (κ1) is 14.0. The van der Waals surface area contributed by atoms with E-state index in [2.05, 4.69) is 20.8 Å². The molecule has 1 heteroatoms. The predicted molar refractivity (Wildman–Crippen MR) is 70.4 cm³/mol. The van der Waals surface area contributed by atoms with Gasteiger partial charge < -0.3 is 5.11 Å². The van der Waals surface area contributed by atoms with Gasteiger partial charge in [0.05, 0.1) is 6.10 Å². The molecule has 0 spiro atoms. The van der Waals surface area contributed by atoms with Crippen molar-refractivity contribution < 1.29 is 5.11 Å². The van der Waals surface area contributed by atoms with Crippen molar-refractivity contribution in [3.05, 3.63) is 0 Å². The first-order valence-corrected chi connectivity index (χ1v) is 7.31. The molecule has 1 rings (SSSR count). The van der Waals surface area contributed by atoms with E-state index in [4.69, 9.17) is 0 Å². The lowest BCUT2D eigenvalue weighted by molar-refractivity contribution is 0.0560. The van der Waals surface area contributed by atoms with Gasteiger partial charge in [-0.1, -0.05) is 52.9 Å². The quantitative estimate of drug-likeness (QED) is 0.712. The van der Waals surface area contributed by atoms with Crippen molar-refractivity contribution in [1.29, 1.82) is 0 Å². The molecule has 0 aromatic heterocycles. The zero-order valence-corrected chi connectivity index (χ0v) is 11.4. The van der Waals surface area contributed by atoms with Crippen molar-refractivity contribution >= 4 is 0 Å². The fraction of sp³-hybridized carbons (Fsp3) is 1.00. The largest absolute Gasteiger partial charge is 0.393 e. The summed E-state index contributed by atoms with van der Waals surface area (Å²) in [6.45, 7) is 6.68. The molecule has 1 nitrogen and oxygen atoms in total. The van der Waals surface area contributed by atoms with Gasteiger partial charge in [-0.25, -0.2) is 0 Å². The molecule has 1 aliphatic rings. The van der Waals surface area contributed by atoms with Gasteiger partial charge in [-0.3, -0.25) is 0 Å². The number of hydrogen-bond donors (Lipinski definition) is 1. The Morgan fingerprint density at radius 3 is 2.25 bits per heavy atom. The van der Waals surface area contributed by atoms with Crippen LogP contribution in [0.5, 0.6) is 0 Å². The van der Waals surface area contributed by atoms with Crippen LogP contribution in [-0.2, 0) is 0 Å². The number of aliphatic hydroxyl groups is 1. The molecule has 0 aromatic rings. The standard InChI is InChI=1S/C15H30O/c1-4-5-6-13-7-9-14(10-8-13)15(16)11-12(2)3/h12-16H,4-11H2,1-3H3. The van der Waals surface area contributed by atoms with Crippen LogP contribution in [0.4, 0.5) is 0 Å². The van der Waals surface area contributed by atoms with E-state index in [1.807, 2.05) is 0 Å². The monoisotopic (exact) mass is 226 g/mol. The fourth-order valence-electron chi connectivity index (χ4n) is 3.03. The van der Waals surface area contributed by atoms with Gasteiger partial charge in [-0.05, 0) is 37.0 Å². The Morgan fingerprint density at radius 2 is 1.75 bits per heavy atom. The maximum absolute atomic E-state index is 10.1. The van der Waals surface area contributed by atoms with E-state index in [0.29, 0.717) is 11.8 Å². The lowest BCUT2D eigenvalue weighted by Crippen LogP contribution is -2.27. The highest BCUT2D eigenvalue weighted by Crippen LogP contribution is 2.34. The molecule has 0 bridgehead atoms. The van der Waals surface area contributed by atoms with Crippen molar-refractivity contribution in [2.45, 2.75) is 78.2 Å². The molecule has 1 saturated carbocycles. The van der Waals surface area contributed by atoms with Crippen LogP contribution in [-0.4, -0.2) is 11.2 Å². The van der Waals surface area contributed by atoms with Gasteiger partial charge in [0.15, 0.2) is 0 Å². The molecule has 1 N–H and O–H groups in total. The summed E-state index contributed by atoms with van der Waals surface area (Å²) >= 11 is 0. The average molecular weight is 226 g/mol. The van der Waals surface area contributed by atoms with Gasteiger partial charge in [0.1, 0.15) is 0 Å². The van der Waals surface area contributed by atoms with Crippen molar-refractivity contribution in [3.8, 4) is 0 Å². The Hall–Kier alpha value is -0.0400. The molecular formula is C15H30O. The minimum atomic E-state index is -0.0351. The van der Waals surface area contributed by atoms with Crippen molar-refractivity contribution in [3.63, 3.8) is 0 Å². The summed E-state index contributed by atoms with van der Waals surface area (Å²) in [4.78, 5) is 0. The Morgan fingerprint density at radius 1 is 1.12 bits per heavy atom. The normalized spacial score (nSPS) is 28.3. The van der Waals surface area contributed by atoms with E-state index < -0.39 is 0 Å². The number of hydrogen-bond acceptors (Lipinski definition) is 1. The van der Waals surface area contributed by atoms with E-state index in [1.54, 1.807) is 0 Å². The third-order valence-electron chi connectivity index (χ3n) is 4.11. The van der Waals surface area contributed by atoms with E-state index in [9.17, 15) is 5.11 Å². The second-order valence-electron chi connectivity index (χ2n) is 6.12. The second kappa shape index (κ2) is 7.32. The first-order valence-electron chi connectivity index (χ1n) is 7.31. The van der Waals surface area contributed by atoms with E-state index in [0.717, 1.165) is 12.3 Å². The third kappa shape index (κ3) is 4.86. The maximum atomic E-state index is 10.1. The molecule has 1 aliphatic carbocycles. The zero-order chi connectivity index (χ0) is 12.0. The highest BCUT2D eigenvalue weighted by molar-refractivity contribution is 4.78. The first-order chi connectivity index (χ1) is 7.63. The van der Waals surface area contributed by atoms with E-state index in [1.165, 1.54) is 44.9 Å². The van der Waals surface area contributed by atoms with Gasteiger partial charge in [-0.2, -0.15) is 0 Å². The lowest BCUT2D eigenvalue weighted by atomic mass is 9.76. The molecule has 16 heavy (non-hydrogen) atoms. The zero-order valence-electron chi connectivity index (χ0n) is 11.4. The molecule has 0 saturated heterocycles. The smallest absolute Gasteiger partial charge is 0.0570 e. The molecule has 96 valence electrons. The molecule has 1 fully saturated rings. The SMILES string of the molecule is CCCCC1CCC(C(O)CC(C)C)CC1. The van der Waals surface area contributed by atoms with Crippen LogP contribution >= 0.6 is 0 Å². The topological polar surface area (TPSA) is 20.2 Å². The fourth-order valence-corrected chi connectivity index (χ4v) is 3.03. The number of aliphatic hydroxyl groups excluding tert-OH is 1. The van der Waals surface area contributed by atoms with Gasteiger partial charge in [-0.15, -0.1) is 0 Å². The molecule has 1 unspecified atom stereocenters. The van der Waals surface area contributed by atoms with Crippen LogP contribution in [0.25, 0.3) is 0 Å². The summed E-state index contributed by atoms with van der Waals surface area (Å²) in [5.41, 5.74) is 0. The van der Waals surface area contributed by atoms with Gasteiger partial charge in [0.2, 0.25) is 0 Å². The minimum absolute atomic E-state index is 0.0351. The van der Waals surface area contributed by atoms with Crippen LogP contribution in [0.2, 0.25) is 0 Å². The van der Waals surface area contributed by atoms with Gasteiger partial charge in [0, 0.05) is 0 Å². The average Bonchev–Trinajstić information content (AvgIpc) is 2.26. The van der Waals surface area contributed by atoms with Crippen LogP contribution in [0.15, 0.2) is 0 Å². The molecule has 0 aliphatic heterocycles. The molecular weight excluding hydrogens is 196 g/mol. The highest BCUT2D eigenvalue weighted by Gasteiger charge is 2.26. The van der Waals surface area contributed by atoms with E-state index in [-0.39, 0.29) is 6.10 Å². The summed E-state index contributed by atoms with van der Waals surface area (Å²) in [7, 11) is 0. The summed E-state index contributed by atoms with van der Waals surface area (Å²) in [6.07, 6.45) is 10.4. The summed E-state index contributed by atoms with van der Waals surface area (Å²) in [5.74, 6) is 2.19. The molecule has 0 radical (unpaired) electrons. The Labute approximate surface area is 102 Å². The minimum Gasteiger partial charge on any atom is -0.393 e. The summed E-state index contributed by atoms with van der Waals surface area (Å²) < 4.78 is 0. The molecule has 0 aromatic carbocycles. The maximum Gasteiger partial charge on any atom is 0.0570 e. The Balaban J connectivity index is 2.20. The second-order valence-corrected chi connectivity index (χ2v) is 6.12. The third-order valence-corrected chi connectivity index (χ3v) is 4.11. The van der Waals surface area contributed by atoms with Gasteiger partial charge in [0.25, 0.3) is 0 Å². The molecule has 0 heterocycles. The highest BCUT2D eigenvalue weighted by atomic mass is 16.3. The van der Waals surface area contributed by atoms with Crippen LogP contribution in [0, 0.1) is 17.8 Å². The summed E-state index contributed by atoms with van der Waals surface area (Å²) in [6, 6.07) is 0. The van der Waals surface area contributed by atoms with Crippen molar-refractivity contribution in [2.24, 2.45) is 17.8 Å². The predicted octanol–water partition coefficient (Wildman–Crippen LogP) is 4.39. The van der Waals surface area contributed by atoms with E-state index >= 15 is 0 Å². The van der Waals surface area contributed by atoms with Gasteiger partial charge >= 0.3 is 0 Å². The number of rotatable bonds is 6. The van der Waals surface area contributed by atoms with Crippen LogP contribution in [0.1, 0.15) is 72.1 Å². The summed E-state index contributed by atoms with van der Waals surface area (Å²) in [5, 5.41) is 10.1. The van der Waals surface area contributed by atoms with Crippen LogP contribution < -0.4 is 0 Å². The van der Waals surface area contributed by atoms with Crippen molar-refractivity contribution in [2.75, 3.05) is 0 Å².